The summed E-state index contributed by atoms with van der Waals surface area (Å²) in [4.78, 5) is 10.7. The summed E-state index contributed by atoms with van der Waals surface area (Å²) in [5.41, 5.74) is 0. The fourth-order valence-corrected chi connectivity index (χ4v) is 6.01. The van der Waals surface area contributed by atoms with Crippen LogP contribution in [0.15, 0.2) is 0 Å². The van der Waals surface area contributed by atoms with Gasteiger partial charge in [-0.25, -0.2) is 0 Å². The lowest BCUT2D eigenvalue weighted by Crippen LogP contribution is -2.02. The molecule has 0 bridgehead atoms. The van der Waals surface area contributed by atoms with Crippen LogP contribution >= 0.6 is 0 Å². The van der Waals surface area contributed by atoms with Crippen molar-refractivity contribution in [2.75, 3.05) is 19.8 Å². The van der Waals surface area contributed by atoms with Gasteiger partial charge in [0, 0.05) is 19.6 Å². The van der Waals surface area contributed by atoms with Crippen LogP contribution in [0.1, 0.15) is 246 Å². The lowest BCUT2D eigenvalue weighted by atomic mass is 10.0. The molecule has 0 atom stereocenters. The number of unbranched alkanes of at least 4 members (excludes halogenated alkanes) is 30. The van der Waals surface area contributed by atoms with Crippen molar-refractivity contribution in [2.45, 2.75) is 246 Å². The third kappa shape index (κ3) is 47.9. The summed E-state index contributed by atoms with van der Waals surface area (Å²) >= 11 is 0. The van der Waals surface area contributed by atoms with Gasteiger partial charge in [-0.15, -0.1) is 0 Å². The average molecular weight is 639 g/mol. The summed E-state index contributed by atoms with van der Waals surface area (Å²) in [6.45, 7) is 11.0. The molecule has 0 unspecified atom stereocenters. The van der Waals surface area contributed by atoms with E-state index in [-0.39, 0.29) is 5.97 Å². The van der Waals surface area contributed by atoms with Gasteiger partial charge in [0.25, 0.3) is 0 Å². The number of rotatable bonds is 37. The van der Waals surface area contributed by atoms with E-state index in [9.17, 15) is 4.79 Å². The van der Waals surface area contributed by atoms with Crippen LogP contribution in [0, 0.1) is 0 Å². The molecule has 0 saturated carbocycles. The number of ether oxygens (including phenoxy) is 2. The maximum absolute atomic E-state index is 10.7. The molecule has 272 valence electrons. The van der Waals surface area contributed by atoms with E-state index >= 15 is 0 Å². The molecular formula is C42H86O3. The minimum absolute atomic E-state index is 0.0593. The Morgan fingerprint density at radius 2 is 0.578 bits per heavy atom. The first-order valence-electron chi connectivity index (χ1n) is 21.0. The van der Waals surface area contributed by atoms with Crippen LogP contribution in [0.4, 0.5) is 0 Å². The molecule has 0 radical (unpaired) electrons. The lowest BCUT2D eigenvalue weighted by molar-refractivity contribution is -0.143. The van der Waals surface area contributed by atoms with E-state index < -0.39 is 0 Å². The Kier molecular flexibility index (Phi) is 47.1. The fourth-order valence-electron chi connectivity index (χ4n) is 6.01. The third-order valence-corrected chi connectivity index (χ3v) is 9.07. The third-order valence-electron chi connectivity index (χ3n) is 9.07. The van der Waals surface area contributed by atoms with Crippen molar-refractivity contribution in [3.63, 3.8) is 0 Å². The monoisotopic (exact) mass is 639 g/mol. The predicted octanol–water partition coefficient (Wildman–Crippen LogP) is 14.9. The summed E-state index contributed by atoms with van der Waals surface area (Å²) < 4.78 is 10.6. The van der Waals surface area contributed by atoms with Crippen LogP contribution in [-0.2, 0) is 14.3 Å². The van der Waals surface area contributed by atoms with Crippen LogP contribution in [0.2, 0.25) is 0 Å². The first-order chi connectivity index (χ1) is 22.2. The van der Waals surface area contributed by atoms with Crippen molar-refractivity contribution in [3.05, 3.63) is 0 Å². The number of carbonyl (C=O) groups is 1. The molecule has 0 aromatic carbocycles. The Morgan fingerprint density at radius 3 is 0.844 bits per heavy atom. The van der Waals surface area contributed by atoms with Crippen LogP contribution in [0.3, 0.4) is 0 Å². The Balaban J connectivity index is 0. The molecule has 0 N–H and O–H groups in total. The topological polar surface area (TPSA) is 35.5 Å². The first-order valence-corrected chi connectivity index (χ1v) is 21.0. The highest BCUT2D eigenvalue weighted by atomic mass is 16.5. The van der Waals surface area contributed by atoms with Gasteiger partial charge in [0.15, 0.2) is 0 Å². The van der Waals surface area contributed by atoms with Gasteiger partial charge in [-0.2, -0.15) is 0 Å². The number of hydrogen-bond acceptors (Lipinski definition) is 3. The maximum atomic E-state index is 10.7. The summed E-state index contributed by atoms with van der Waals surface area (Å²) in [5, 5.41) is 0. The van der Waals surface area contributed by atoms with Gasteiger partial charge >= 0.3 is 5.97 Å². The second kappa shape index (κ2) is 45.6. The molecule has 0 heterocycles. The van der Waals surface area contributed by atoms with Gasteiger partial charge in [-0.3, -0.25) is 4.79 Å². The SMILES string of the molecule is CCCCCC(=O)OCC.CCCCCCCCCCCCCCCCCCOCCCCCCCCCCCCCCCC. The van der Waals surface area contributed by atoms with E-state index in [2.05, 4.69) is 20.8 Å². The van der Waals surface area contributed by atoms with E-state index in [4.69, 9.17) is 9.47 Å². The molecule has 0 rings (SSSR count). The molecule has 45 heavy (non-hydrogen) atoms. The van der Waals surface area contributed by atoms with E-state index in [1.165, 1.54) is 193 Å². The molecule has 0 aliphatic rings. The van der Waals surface area contributed by atoms with Gasteiger partial charge in [-0.05, 0) is 26.2 Å². The Morgan fingerprint density at radius 1 is 0.333 bits per heavy atom. The zero-order valence-electron chi connectivity index (χ0n) is 31.9. The van der Waals surface area contributed by atoms with E-state index in [0.29, 0.717) is 13.0 Å². The Bertz CT molecular complexity index is 474. The van der Waals surface area contributed by atoms with E-state index in [0.717, 1.165) is 32.5 Å². The number of carbonyl (C=O) groups excluding carboxylic acids is 1. The van der Waals surface area contributed by atoms with Crippen LogP contribution < -0.4 is 0 Å². The second-order valence-corrected chi connectivity index (χ2v) is 13.8. The summed E-state index contributed by atoms with van der Waals surface area (Å²) in [6, 6.07) is 0. The quantitative estimate of drug-likeness (QED) is 0.0501. The van der Waals surface area contributed by atoms with Crippen molar-refractivity contribution >= 4 is 5.97 Å². The highest BCUT2D eigenvalue weighted by molar-refractivity contribution is 5.69. The molecule has 0 aliphatic heterocycles. The molecule has 0 spiro atoms. The van der Waals surface area contributed by atoms with Crippen molar-refractivity contribution in [3.8, 4) is 0 Å². The highest BCUT2D eigenvalue weighted by Gasteiger charge is 1.99. The summed E-state index contributed by atoms with van der Waals surface area (Å²) in [5.74, 6) is -0.0593. The van der Waals surface area contributed by atoms with Crippen molar-refractivity contribution in [2.24, 2.45) is 0 Å². The number of hydrogen-bond donors (Lipinski definition) is 0. The van der Waals surface area contributed by atoms with Gasteiger partial charge < -0.3 is 9.47 Å². The Hall–Kier alpha value is -0.570. The first kappa shape index (κ1) is 46.5. The summed E-state index contributed by atoms with van der Waals surface area (Å²) in [6.07, 6.45) is 46.9. The van der Waals surface area contributed by atoms with Gasteiger partial charge in [-0.1, -0.05) is 213 Å². The normalized spacial score (nSPS) is 11.0. The highest BCUT2D eigenvalue weighted by Crippen LogP contribution is 2.15. The van der Waals surface area contributed by atoms with Crippen LogP contribution in [-0.4, -0.2) is 25.8 Å². The second-order valence-electron chi connectivity index (χ2n) is 13.8. The zero-order chi connectivity index (χ0) is 33.2. The molecular weight excluding hydrogens is 552 g/mol. The van der Waals surface area contributed by atoms with Crippen molar-refractivity contribution in [1.29, 1.82) is 0 Å². The minimum atomic E-state index is -0.0593. The van der Waals surface area contributed by atoms with Gasteiger partial charge in [0.2, 0.25) is 0 Å². The molecule has 0 aliphatic carbocycles. The maximum Gasteiger partial charge on any atom is 0.305 e. The molecule has 0 fully saturated rings. The van der Waals surface area contributed by atoms with Gasteiger partial charge in [0.1, 0.15) is 0 Å². The zero-order valence-corrected chi connectivity index (χ0v) is 31.9. The fraction of sp³-hybridized carbons (Fsp3) is 0.976. The molecule has 3 nitrogen and oxygen atoms in total. The van der Waals surface area contributed by atoms with Gasteiger partial charge in [0.05, 0.1) is 6.61 Å². The Labute approximate surface area is 285 Å². The average Bonchev–Trinajstić information content (AvgIpc) is 3.04. The predicted molar refractivity (Wildman–Crippen MR) is 201 cm³/mol. The van der Waals surface area contributed by atoms with E-state index in [1.54, 1.807) is 0 Å². The smallest absolute Gasteiger partial charge is 0.305 e. The van der Waals surface area contributed by atoms with E-state index in [1.807, 2.05) is 6.92 Å². The largest absolute Gasteiger partial charge is 0.466 e. The number of esters is 1. The molecule has 0 aromatic heterocycles. The van der Waals surface area contributed by atoms with Crippen molar-refractivity contribution < 1.29 is 14.3 Å². The molecule has 3 heteroatoms. The standard InChI is InChI=1S/C34H70O.C8H16O2/c1-3-5-7-9-11-13-15-17-19-20-22-24-26-28-30-32-34-35-33-31-29-27-25-23-21-18-16-14-12-10-8-6-4-2;1-3-5-6-7-8(9)10-4-2/h3-34H2,1-2H3;3-7H2,1-2H3. The van der Waals surface area contributed by atoms with Crippen LogP contribution in [0.25, 0.3) is 0 Å². The molecule has 0 aromatic rings. The van der Waals surface area contributed by atoms with Crippen LogP contribution in [0.5, 0.6) is 0 Å². The summed E-state index contributed by atoms with van der Waals surface area (Å²) in [7, 11) is 0. The van der Waals surface area contributed by atoms with Crippen molar-refractivity contribution in [1.82, 2.24) is 0 Å². The minimum Gasteiger partial charge on any atom is -0.466 e. The molecule has 0 amide bonds. The molecule has 0 saturated heterocycles. The lowest BCUT2D eigenvalue weighted by Gasteiger charge is -2.05.